The number of amides is 1. The lowest BCUT2D eigenvalue weighted by molar-refractivity contribution is -0.121. The Balaban J connectivity index is 1.83. The fourth-order valence-electron chi connectivity index (χ4n) is 2.79. The van der Waals surface area contributed by atoms with Crippen LogP contribution >= 0.6 is 0 Å². The quantitative estimate of drug-likeness (QED) is 0.469. The van der Waals surface area contributed by atoms with Crippen LogP contribution in [0.25, 0.3) is 0 Å². The van der Waals surface area contributed by atoms with Gasteiger partial charge in [-0.15, -0.1) is 0 Å². The van der Waals surface area contributed by atoms with Gasteiger partial charge in [0.05, 0.1) is 0 Å². The maximum absolute atomic E-state index is 11.7. The van der Waals surface area contributed by atoms with Crippen LogP contribution in [-0.2, 0) is 4.79 Å². The second-order valence-electron chi connectivity index (χ2n) is 5.77. The zero-order chi connectivity index (χ0) is 13.1. The van der Waals surface area contributed by atoms with Crippen LogP contribution in [0.5, 0.6) is 0 Å². The average Bonchev–Trinajstić information content (AvgIpc) is 2.85. The third kappa shape index (κ3) is 7.78. The molecule has 0 spiro atoms. The van der Waals surface area contributed by atoms with Crippen LogP contribution in [0, 0.1) is 0 Å². The summed E-state index contributed by atoms with van der Waals surface area (Å²) in [4.78, 5) is 11.7. The van der Waals surface area contributed by atoms with Crippen LogP contribution < -0.4 is 5.32 Å². The zero-order valence-electron chi connectivity index (χ0n) is 12.2. The first-order chi connectivity index (χ1) is 8.83. The standard InChI is InChI=1S/C15H30BNO/c16-13-9-5-3-1-2-4-6-12-15(18)17-14-10-7-8-11-14/h14H,1-13,16H2,(H,17,18). The van der Waals surface area contributed by atoms with E-state index in [1.54, 1.807) is 0 Å². The molecule has 1 N–H and O–H groups in total. The molecule has 0 saturated heterocycles. The number of carbonyl (C=O) groups excluding carboxylic acids is 1. The van der Waals surface area contributed by atoms with E-state index in [2.05, 4.69) is 13.2 Å². The van der Waals surface area contributed by atoms with Gasteiger partial charge in [-0.1, -0.05) is 57.7 Å². The Morgan fingerprint density at radius 2 is 1.50 bits per heavy atom. The molecule has 104 valence electrons. The molecule has 0 aromatic carbocycles. The molecule has 1 aliphatic rings. The van der Waals surface area contributed by atoms with Crippen molar-refractivity contribution < 1.29 is 4.79 Å². The molecule has 3 heteroatoms. The van der Waals surface area contributed by atoms with Crippen molar-refractivity contribution in [3.63, 3.8) is 0 Å². The predicted molar refractivity (Wildman–Crippen MR) is 80.7 cm³/mol. The van der Waals surface area contributed by atoms with Crippen LogP contribution in [0.4, 0.5) is 0 Å². The highest BCUT2D eigenvalue weighted by Crippen LogP contribution is 2.18. The normalized spacial score (nSPS) is 16.0. The minimum Gasteiger partial charge on any atom is -0.353 e. The molecule has 0 atom stereocenters. The van der Waals surface area contributed by atoms with Gasteiger partial charge < -0.3 is 5.32 Å². The second-order valence-corrected chi connectivity index (χ2v) is 5.77. The molecule has 1 fully saturated rings. The molecule has 1 amide bonds. The number of nitrogens with one attached hydrogen (secondary N) is 1. The highest BCUT2D eigenvalue weighted by molar-refractivity contribution is 6.08. The fourth-order valence-corrected chi connectivity index (χ4v) is 2.79. The largest absolute Gasteiger partial charge is 0.353 e. The van der Waals surface area contributed by atoms with Gasteiger partial charge in [-0.05, 0) is 19.3 Å². The van der Waals surface area contributed by atoms with Crippen molar-refractivity contribution in [2.45, 2.75) is 89.4 Å². The Morgan fingerprint density at radius 1 is 0.944 bits per heavy atom. The molecule has 0 aliphatic heterocycles. The number of hydrogen-bond acceptors (Lipinski definition) is 1. The molecule has 0 heterocycles. The zero-order valence-corrected chi connectivity index (χ0v) is 12.2. The van der Waals surface area contributed by atoms with Gasteiger partial charge >= 0.3 is 0 Å². The third-order valence-corrected chi connectivity index (χ3v) is 3.98. The summed E-state index contributed by atoms with van der Waals surface area (Å²) in [5, 5.41) is 3.16. The minimum atomic E-state index is 0.285. The predicted octanol–water partition coefficient (Wildman–Crippen LogP) is 3.22. The van der Waals surface area contributed by atoms with Crippen molar-refractivity contribution in [3.05, 3.63) is 0 Å². The van der Waals surface area contributed by atoms with E-state index in [0.29, 0.717) is 6.04 Å². The minimum absolute atomic E-state index is 0.285. The number of hydrogen-bond donors (Lipinski definition) is 1. The van der Waals surface area contributed by atoms with Gasteiger partial charge in [-0.25, -0.2) is 0 Å². The van der Waals surface area contributed by atoms with Crippen molar-refractivity contribution in [2.75, 3.05) is 0 Å². The smallest absolute Gasteiger partial charge is 0.220 e. The maximum Gasteiger partial charge on any atom is 0.220 e. The SMILES string of the molecule is BCCCCCCCCCC(=O)NC1CCCC1. The molecule has 0 aromatic heterocycles. The van der Waals surface area contributed by atoms with E-state index in [1.165, 1.54) is 70.5 Å². The molecule has 0 radical (unpaired) electrons. The van der Waals surface area contributed by atoms with Crippen LogP contribution in [0.1, 0.15) is 77.0 Å². The van der Waals surface area contributed by atoms with Crippen LogP contribution in [0.15, 0.2) is 0 Å². The van der Waals surface area contributed by atoms with Gasteiger partial charge in [-0.2, -0.15) is 0 Å². The Hall–Kier alpha value is -0.465. The summed E-state index contributed by atoms with van der Waals surface area (Å²) in [6.45, 7) is 0. The Labute approximate surface area is 114 Å². The number of unbranched alkanes of at least 4 members (excludes halogenated alkanes) is 6. The van der Waals surface area contributed by atoms with Gasteiger partial charge in [-0.3, -0.25) is 4.79 Å². The van der Waals surface area contributed by atoms with Gasteiger partial charge in [0, 0.05) is 12.5 Å². The van der Waals surface area contributed by atoms with Crippen molar-refractivity contribution in [3.8, 4) is 0 Å². The van der Waals surface area contributed by atoms with Crippen molar-refractivity contribution in [2.24, 2.45) is 0 Å². The Kier molecular flexibility index (Phi) is 9.06. The van der Waals surface area contributed by atoms with Gasteiger partial charge in [0.25, 0.3) is 0 Å². The molecule has 1 rings (SSSR count). The fraction of sp³-hybridized carbons (Fsp3) is 0.933. The molecule has 0 bridgehead atoms. The first kappa shape index (κ1) is 15.6. The van der Waals surface area contributed by atoms with E-state index in [1.807, 2.05) is 0 Å². The van der Waals surface area contributed by atoms with Crippen molar-refractivity contribution >= 4 is 13.8 Å². The monoisotopic (exact) mass is 251 g/mol. The van der Waals surface area contributed by atoms with Gasteiger partial charge in [0.2, 0.25) is 5.91 Å². The molecule has 18 heavy (non-hydrogen) atoms. The van der Waals surface area contributed by atoms with Crippen molar-refractivity contribution in [1.29, 1.82) is 0 Å². The second kappa shape index (κ2) is 10.5. The first-order valence-electron chi connectivity index (χ1n) is 8.12. The van der Waals surface area contributed by atoms with Crippen LogP contribution in [-0.4, -0.2) is 19.8 Å². The Bertz CT molecular complexity index is 215. The summed E-state index contributed by atoms with van der Waals surface area (Å²) in [7, 11) is 2.25. The maximum atomic E-state index is 11.7. The van der Waals surface area contributed by atoms with Gasteiger partial charge in [0.15, 0.2) is 0 Å². The van der Waals surface area contributed by atoms with Crippen molar-refractivity contribution in [1.82, 2.24) is 5.32 Å². The highest BCUT2D eigenvalue weighted by Gasteiger charge is 2.16. The highest BCUT2D eigenvalue weighted by atomic mass is 16.1. The lowest BCUT2D eigenvalue weighted by Crippen LogP contribution is -2.32. The van der Waals surface area contributed by atoms with E-state index in [-0.39, 0.29) is 5.91 Å². The van der Waals surface area contributed by atoms with E-state index in [4.69, 9.17) is 0 Å². The third-order valence-electron chi connectivity index (χ3n) is 3.98. The lowest BCUT2D eigenvalue weighted by Gasteiger charge is -2.11. The van der Waals surface area contributed by atoms with E-state index in [9.17, 15) is 4.79 Å². The van der Waals surface area contributed by atoms with Gasteiger partial charge in [0.1, 0.15) is 7.85 Å². The van der Waals surface area contributed by atoms with E-state index in [0.717, 1.165) is 12.8 Å². The summed E-state index contributed by atoms with van der Waals surface area (Å²) in [5.41, 5.74) is 0. The van der Waals surface area contributed by atoms with Crippen LogP contribution in [0.3, 0.4) is 0 Å². The summed E-state index contributed by atoms with van der Waals surface area (Å²) < 4.78 is 0. The van der Waals surface area contributed by atoms with E-state index < -0.39 is 0 Å². The Morgan fingerprint density at radius 3 is 2.11 bits per heavy atom. The topological polar surface area (TPSA) is 29.1 Å². The molecule has 2 nitrogen and oxygen atoms in total. The summed E-state index contributed by atoms with van der Waals surface area (Å²) in [6.07, 6.45) is 16.1. The molecular formula is C15H30BNO. The molecule has 0 aromatic rings. The molecule has 1 aliphatic carbocycles. The van der Waals surface area contributed by atoms with E-state index >= 15 is 0 Å². The number of carbonyl (C=O) groups is 1. The summed E-state index contributed by atoms with van der Waals surface area (Å²) in [6, 6.07) is 0.492. The lowest BCUT2D eigenvalue weighted by atomic mass is 9.98. The first-order valence-corrected chi connectivity index (χ1v) is 8.12. The molecular weight excluding hydrogens is 221 g/mol. The number of rotatable bonds is 10. The molecule has 1 saturated carbocycles. The molecule has 0 unspecified atom stereocenters. The summed E-state index contributed by atoms with van der Waals surface area (Å²) in [5.74, 6) is 0.285. The average molecular weight is 251 g/mol. The summed E-state index contributed by atoms with van der Waals surface area (Å²) >= 11 is 0. The van der Waals surface area contributed by atoms with Crippen LogP contribution in [0.2, 0.25) is 6.32 Å².